The molecule has 4 heteroatoms. The van der Waals surface area contributed by atoms with Gasteiger partial charge in [0.05, 0.1) is 11.7 Å². The smallest absolute Gasteiger partial charge is 0.0762 e. The summed E-state index contributed by atoms with van der Waals surface area (Å²) < 4.78 is 2.17. The first-order valence-corrected chi connectivity index (χ1v) is 7.33. The van der Waals surface area contributed by atoms with Gasteiger partial charge in [-0.1, -0.05) is 35.2 Å². The summed E-state index contributed by atoms with van der Waals surface area (Å²) >= 11 is 3.40. The van der Waals surface area contributed by atoms with Crippen LogP contribution in [0.15, 0.2) is 12.3 Å². The molecule has 0 aromatic carbocycles. The molecule has 0 bridgehead atoms. The average Bonchev–Trinajstić information content (AvgIpc) is 2.79. The van der Waals surface area contributed by atoms with Crippen molar-refractivity contribution in [2.75, 3.05) is 11.9 Å². The summed E-state index contributed by atoms with van der Waals surface area (Å²) in [4.78, 5) is 0. The molecule has 1 fully saturated rings. The standard InChI is InChI=1S/C12H20BrN3/c13-7-8-14-10-11-6-9-16(15-11)12-4-2-1-3-5-12/h6,9,12,14H,1-5,7-8,10H2. The first-order chi connectivity index (χ1) is 7.90. The van der Waals surface area contributed by atoms with Crippen LogP contribution >= 0.6 is 15.9 Å². The van der Waals surface area contributed by atoms with E-state index in [4.69, 9.17) is 0 Å². The van der Waals surface area contributed by atoms with Crippen LogP contribution in [0.1, 0.15) is 43.8 Å². The Kier molecular flexibility index (Phi) is 4.85. The topological polar surface area (TPSA) is 29.9 Å². The molecular formula is C12H20BrN3. The summed E-state index contributed by atoms with van der Waals surface area (Å²) in [5, 5.41) is 8.99. The second-order valence-electron chi connectivity index (χ2n) is 4.44. The van der Waals surface area contributed by atoms with E-state index in [1.54, 1.807) is 0 Å². The predicted octanol–water partition coefficient (Wildman–Crippen LogP) is 2.87. The quantitative estimate of drug-likeness (QED) is 0.666. The highest BCUT2D eigenvalue weighted by Gasteiger charge is 2.15. The maximum Gasteiger partial charge on any atom is 0.0762 e. The molecule has 1 N–H and O–H groups in total. The van der Waals surface area contributed by atoms with Gasteiger partial charge in [0.15, 0.2) is 0 Å². The van der Waals surface area contributed by atoms with Gasteiger partial charge in [0.2, 0.25) is 0 Å². The Bertz CT molecular complexity index is 305. The Morgan fingerprint density at radius 1 is 1.38 bits per heavy atom. The molecule has 3 nitrogen and oxygen atoms in total. The number of hydrogen-bond acceptors (Lipinski definition) is 2. The fourth-order valence-corrected chi connectivity index (χ4v) is 2.58. The van der Waals surface area contributed by atoms with E-state index in [0.717, 1.165) is 24.1 Å². The van der Waals surface area contributed by atoms with Crippen molar-refractivity contribution in [2.24, 2.45) is 0 Å². The molecule has 1 heterocycles. The van der Waals surface area contributed by atoms with E-state index in [0.29, 0.717) is 6.04 Å². The van der Waals surface area contributed by atoms with E-state index in [1.807, 2.05) is 0 Å². The number of halogens is 1. The Hall–Kier alpha value is -0.350. The van der Waals surface area contributed by atoms with Crippen LogP contribution in [0.5, 0.6) is 0 Å². The van der Waals surface area contributed by atoms with Crippen molar-refractivity contribution < 1.29 is 0 Å². The lowest BCUT2D eigenvalue weighted by atomic mass is 9.96. The molecule has 1 aromatic rings. The number of hydrogen-bond donors (Lipinski definition) is 1. The number of alkyl halides is 1. The van der Waals surface area contributed by atoms with Gasteiger partial charge >= 0.3 is 0 Å². The molecule has 0 aliphatic heterocycles. The van der Waals surface area contributed by atoms with Gasteiger partial charge in [-0.05, 0) is 18.9 Å². The predicted molar refractivity (Wildman–Crippen MR) is 69.8 cm³/mol. The van der Waals surface area contributed by atoms with E-state index < -0.39 is 0 Å². The van der Waals surface area contributed by atoms with Crippen LogP contribution in [-0.2, 0) is 6.54 Å². The molecule has 0 saturated heterocycles. The minimum Gasteiger partial charge on any atom is -0.310 e. The molecule has 0 spiro atoms. The van der Waals surface area contributed by atoms with E-state index in [1.165, 1.54) is 32.1 Å². The van der Waals surface area contributed by atoms with E-state index in [9.17, 15) is 0 Å². The Morgan fingerprint density at radius 2 is 2.19 bits per heavy atom. The molecule has 1 aliphatic carbocycles. The summed E-state index contributed by atoms with van der Waals surface area (Å²) in [6.07, 6.45) is 8.87. The van der Waals surface area contributed by atoms with Crippen LogP contribution in [0.3, 0.4) is 0 Å². The number of aromatic nitrogens is 2. The highest BCUT2D eigenvalue weighted by molar-refractivity contribution is 9.09. The highest BCUT2D eigenvalue weighted by atomic mass is 79.9. The van der Waals surface area contributed by atoms with E-state index >= 15 is 0 Å². The van der Waals surface area contributed by atoms with Gasteiger partial charge in [-0.25, -0.2) is 0 Å². The summed E-state index contributed by atoms with van der Waals surface area (Å²) in [5.74, 6) is 0. The Labute approximate surface area is 106 Å². The monoisotopic (exact) mass is 285 g/mol. The molecule has 0 unspecified atom stereocenters. The zero-order valence-corrected chi connectivity index (χ0v) is 11.2. The molecule has 1 aliphatic rings. The Morgan fingerprint density at radius 3 is 2.94 bits per heavy atom. The number of nitrogens with zero attached hydrogens (tertiary/aromatic N) is 2. The summed E-state index contributed by atoms with van der Waals surface area (Å²) in [6, 6.07) is 2.79. The van der Waals surface area contributed by atoms with E-state index in [2.05, 4.69) is 43.3 Å². The van der Waals surface area contributed by atoms with Crippen molar-refractivity contribution in [1.82, 2.24) is 15.1 Å². The first kappa shape index (κ1) is 12.1. The van der Waals surface area contributed by atoms with Gasteiger partial charge < -0.3 is 5.32 Å². The molecule has 0 amide bonds. The molecule has 16 heavy (non-hydrogen) atoms. The van der Waals surface area contributed by atoms with Crippen LogP contribution in [0.2, 0.25) is 0 Å². The summed E-state index contributed by atoms with van der Waals surface area (Å²) in [5.41, 5.74) is 1.16. The molecule has 1 aromatic heterocycles. The van der Waals surface area contributed by atoms with Crippen LogP contribution in [-0.4, -0.2) is 21.7 Å². The third-order valence-electron chi connectivity index (χ3n) is 3.19. The van der Waals surface area contributed by atoms with Gasteiger partial charge in [-0.3, -0.25) is 4.68 Å². The second-order valence-corrected chi connectivity index (χ2v) is 5.24. The SMILES string of the molecule is BrCCNCc1ccn(C2CCCCC2)n1. The van der Waals surface area contributed by atoms with E-state index in [-0.39, 0.29) is 0 Å². The van der Waals surface area contributed by atoms with Crippen molar-refractivity contribution in [1.29, 1.82) is 0 Å². The maximum absolute atomic E-state index is 4.64. The van der Waals surface area contributed by atoms with Crippen molar-refractivity contribution >= 4 is 15.9 Å². The van der Waals surface area contributed by atoms with Crippen molar-refractivity contribution in [3.8, 4) is 0 Å². The molecule has 0 atom stereocenters. The fourth-order valence-electron chi connectivity index (χ4n) is 2.30. The molecule has 2 rings (SSSR count). The van der Waals surface area contributed by atoms with Crippen LogP contribution in [0.4, 0.5) is 0 Å². The third kappa shape index (κ3) is 3.32. The average molecular weight is 286 g/mol. The van der Waals surface area contributed by atoms with Gasteiger partial charge in [0.1, 0.15) is 0 Å². The fraction of sp³-hybridized carbons (Fsp3) is 0.750. The van der Waals surface area contributed by atoms with Crippen LogP contribution in [0, 0.1) is 0 Å². The Balaban J connectivity index is 1.85. The van der Waals surface area contributed by atoms with Crippen LogP contribution in [0.25, 0.3) is 0 Å². The third-order valence-corrected chi connectivity index (χ3v) is 3.59. The van der Waals surface area contributed by atoms with Gasteiger partial charge in [0.25, 0.3) is 0 Å². The minimum absolute atomic E-state index is 0.652. The molecular weight excluding hydrogens is 266 g/mol. The lowest BCUT2D eigenvalue weighted by Gasteiger charge is -2.21. The van der Waals surface area contributed by atoms with Crippen LogP contribution < -0.4 is 5.32 Å². The molecule has 1 saturated carbocycles. The molecule has 90 valence electrons. The normalized spacial score (nSPS) is 17.8. The van der Waals surface area contributed by atoms with Crippen molar-refractivity contribution in [3.05, 3.63) is 18.0 Å². The lowest BCUT2D eigenvalue weighted by molar-refractivity contribution is 0.328. The van der Waals surface area contributed by atoms with Gasteiger partial charge in [0, 0.05) is 24.6 Å². The zero-order valence-electron chi connectivity index (χ0n) is 9.66. The highest BCUT2D eigenvalue weighted by Crippen LogP contribution is 2.27. The van der Waals surface area contributed by atoms with Gasteiger partial charge in [-0.15, -0.1) is 0 Å². The second kappa shape index (κ2) is 6.40. The molecule has 0 radical (unpaired) electrons. The minimum atomic E-state index is 0.652. The van der Waals surface area contributed by atoms with Gasteiger partial charge in [-0.2, -0.15) is 5.10 Å². The zero-order chi connectivity index (χ0) is 11.2. The number of rotatable bonds is 5. The largest absolute Gasteiger partial charge is 0.310 e. The number of nitrogens with one attached hydrogen (secondary N) is 1. The van der Waals surface area contributed by atoms with Crippen molar-refractivity contribution in [3.63, 3.8) is 0 Å². The summed E-state index contributed by atoms with van der Waals surface area (Å²) in [7, 11) is 0. The first-order valence-electron chi connectivity index (χ1n) is 6.21. The lowest BCUT2D eigenvalue weighted by Crippen LogP contribution is -2.17. The summed E-state index contributed by atoms with van der Waals surface area (Å²) in [6.45, 7) is 1.88. The van der Waals surface area contributed by atoms with Crippen molar-refractivity contribution in [2.45, 2.75) is 44.7 Å². The maximum atomic E-state index is 4.64.